The summed E-state index contributed by atoms with van der Waals surface area (Å²) in [7, 11) is 0. The summed E-state index contributed by atoms with van der Waals surface area (Å²) < 4.78 is 10.6. The van der Waals surface area contributed by atoms with Crippen molar-refractivity contribution < 1.29 is 13.9 Å². The third-order valence-electron chi connectivity index (χ3n) is 2.73. The summed E-state index contributed by atoms with van der Waals surface area (Å²) in [5.74, 6) is 0.951. The zero-order chi connectivity index (χ0) is 10.7. The van der Waals surface area contributed by atoms with Crippen LogP contribution in [0.5, 0.6) is 0 Å². The topological polar surface area (TPSA) is 39.4 Å². The van der Waals surface area contributed by atoms with Crippen LogP contribution in [-0.2, 0) is 16.0 Å². The third-order valence-corrected chi connectivity index (χ3v) is 2.73. The van der Waals surface area contributed by atoms with Crippen LogP contribution in [-0.4, -0.2) is 19.0 Å². The molecule has 3 nitrogen and oxygen atoms in total. The molecule has 3 heteroatoms. The lowest BCUT2D eigenvalue weighted by molar-refractivity contribution is -0.105. The van der Waals surface area contributed by atoms with E-state index in [0.29, 0.717) is 6.61 Å². The first-order valence-electron chi connectivity index (χ1n) is 5.12. The molecule has 1 aliphatic rings. The zero-order valence-electron chi connectivity index (χ0n) is 8.73. The average molecular weight is 206 g/mol. The van der Waals surface area contributed by atoms with Crippen molar-refractivity contribution in [3.05, 3.63) is 35.3 Å². The van der Waals surface area contributed by atoms with Crippen LogP contribution in [0.3, 0.4) is 0 Å². The van der Waals surface area contributed by atoms with Crippen LogP contribution < -0.4 is 0 Å². The molecule has 0 N–H and O–H groups in total. The highest BCUT2D eigenvalue weighted by molar-refractivity contribution is 5.76. The summed E-state index contributed by atoms with van der Waals surface area (Å²) in [6.07, 6.45) is 4.20. The predicted octanol–water partition coefficient (Wildman–Crippen LogP) is 2.13. The number of aldehydes is 1. The van der Waals surface area contributed by atoms with E-state index in [-0.39, 0.29) is 6.10 Å². The van der Waals surface area contributed by atoms with E-state index in [1.54, 1.807) is 6.26 Å². The molecule has 0 amide bonds. The van der Waals surface area contributed by atoms with Crippen LogP contribution in [0, 0.1) is 0 Å². The Labute approximate surface area is 88.7 Å². The predicted molar refractivity (Wildman–Crippen MR) is 55.5 cm³/mol. The molecular formula is C12H14O3. The van der Waals surface area contributed by atoms with Crippen LogP contribution in [0.1, 0.15) is 19.1 Å². The van der Waals surface area contributed by atoms with Crippen molar-refractivity contribution in [2.24, 2.45) is 0 Å². The van der Waals surface area contributed by atoms with E-state index in [0.717, 1.165) is 36.0 Å². The summed E-state index contributed by atoms with van der Waals surface area (Å²) in [6, 6.07) is 3.82. The monoisotopic (exact) mass is 206 g/mol. The summed E-state index contributed by atoms with van der Waals surface area (Å²) in [5.41, 5.74) is 1.91. The first kappa shape index (κ1) is 10.2. The molecule has 2 heterocycles. The highest BCUT2D eigenvalue weighted by Crippen LogP contribution is 2.23. The minimum Gasteiger partial charge on any atom is -0.469 e. The number of furan rings is 1. The van der Waals surface area contributed by atoms with Gasteiger partial charge in [0.25, 0.3) is 0 Å². The molecule has 15 heavy (non-hydrogen) atoms. The second kappa shape index (κ2) is 4.45. The molecule has 0 bridgehead atoms. The average Bonchev–Trinajstić information content (AvgIpc) is 2.84. The number of carbonyl (C=O) groups is 1. The van der Waals surface area contributed by atoms with Gasteiger partial charge in [0.15, 0.2) is 0 Å². The van der Waals surface area contributed by atoms with Crippen molar-refractivity contribution in [1.82, 2.24) is 0 Å². The number of aryl methyl sites for hydroxylation is 1. The van der Waals surface area contributed by atoms with Gasteiger partial charge >= 0.3 is 0 Å². The van der Waals surface area contributed by atoms with Crippen LogP contribution in [0.15, 0.2) is 34.0 Å². The molecule has 2 rings (SSSR count). The number of rotatable bonds is 4. The SMILES string of the molecule is CC1OCC(CCc2ccco2)=C1C=O. The van der Waals surface area contributed by atoms with Gasteiger partial charge in [-0.3, -0.25) is 4.79 Å². The maximum Gasteiger partial charge on any atom is 0.148 e. The second-order valence-corrected chi connectivity index (χ2v) is 3.71. The van der Waals surface area contributed by atoms with E-state index in [4.69, 9.17) is 9.15 Å². The first-order valence-corrected chi connectivity index (χ1v) is 5.12. The number of hydrogen-bond acceptors (Lipinski definition) is 3. The van der Waals surface area contributed by atoms with E-state index in [2.05, 4.69) is 0 Å². The number of hydrogen-bond donors (Lipinski definition) is 0. The van der Waals surface area contributed by atoms with E-state index in [9.17, 15) is 4.79 Å². The minimum atomic E-state index is -0.0471. The second-order valence-electron chi connectivity index (χ2n) is 3.71. The molecular weight excluding hydrogens is 192 g/mol. The van der Waals surface area contributed by atoms with E-state index < -0.39 is 0 Å². The van der Waals surface area contributed by atoms with Crippen LogP contribution in [0.4, 0.5) is 0 Å². The molecule has 0 fully saturated rings. The quantitative estimate of drug-likeness (QED) is 0.708. The Morgan fingerprint density at radius 3 is 3.07 bits per heavy atom. The summed E-state index contributed by atoms with van der Waals surface area (Å²) in [6.45, 7) is 2.49. The molecule has 1 unspecified atom stereocenters. The Kier molecular flexibility index (Phi) is 3.02. The van der Waals surface area contributed by atoms with Gasteiger partial charge in [-0.2, -0.15) is 0 Å². The van der Waals surface area contributed by atoms with Gasteiger partial charge in [-0.1, -0.05) is 0 Å². The summed E-state index contributed by atoms with van der Waals surface area (Å²) in [4.78, 5) is 10.8. The van der Waals surface area contributed by atoms with Gasteiger partial charge < -0.3 is 9.15 Å². The van der Waals surface area contributed by atoms with Gasteiger partial charge in [0.2, 0.25) is 0 Å². The van der Waals surface area contributed by atoms with E-state index in [1.807, 2.05) is 19.1 Å². The van der Waals surface area contributed by atoms with Gasteiger partial charge in [0.1, 0.15) is 12.0 Å². The van der Waals surface area contributed by atoms with E-state index >= 15 is 0 Å². The molecule has 0 spiro atoms. The van der Waals surface area contributed by atoms with Crippen molar-refractivity contribution in [2.45, 2.75) is 25.9 Å². The van der Waals surface area contributed by atoms with Crippen molar-refractivity contribution in [3.8, 4) is 0 Å². The smallest absolute Gasteiger partial charge is 0.148 e. The maximum atomic E-state index is 10.8. The van der Waals surface area contributed by atoms with Gasteiger partial charge in [-0.15, -0.1) is 0 Å². The largest absolute Gasteiger partial charge is 0.469 e. The Bertz CT molecular complexity index is 362. The Hall–Kier alpha value is -1.35. The highest BCUT2D eigenvalue weighted by atomic mass is 16.5. The molecule has 1 aromatic heterocycles. The molecule has 1 aromatic rings. The fourth-order valence-electron chi connectivity index (χ4n) is 1.81. The van der Waals surface area contributed by atoms with Crippen LogP contribution in [0.2, 0.25) is 0 Å². The highest BCUT2D eigenvalue weighted by Gasteiger charge is 2.21. The molecule has 0 saturated carbocycles. The third kappa shape index (κ3) is 2.18. The molecule has 0 aliphatic carbocycles. The molecule has 0 saturated heterocycles. The summed E-state index contributed by atoms with van der Waals surface area (Å²) >= 11 is 0. The molecule has 80 valence electrons. The number of carbonyl (C=O) groups excluding carboxylic acids is 1. The normalized spacial score (nSPS) is 21.0. The van der Waals surface area contributed by atoms with Gasteiger partial charge in [0, 0.05) is 12.0 Å². The van der Waals surface area contributed by atoms with Gasteiger partial charge in [-0.05, 0) is 31.1 Å². The fourth-order valence-corrected chi connectivity index (χ4v) is 1.81. The Balaban J connectivity index is 2.00. The minimum absolute atomic E-state index is 0.0471. The Morgan fingerprint density at radius 1 is 1.53 bits per heavy atom. The van der Waals surface area contributed by atoms with Gasteiger partial charge in [0.05, 0.1) is 19.0 Å². The molecule has 1 aliphatic heterocycles. The van der Waals surface area contributed by atoms with Crippen molar-refractivity contribution in [2.75, 3.05) is 6.61 Å². The maximum absolute atomic E-state index is 10.8. The molecule has 1 atom stereocenters. The lowest BCUT2D eigenvalue weighted by Gasteiger charge is -2.00. The zero-order valence-corrected chi connectivity index (χ0v) is 8.73. The molecule has 0 radical (unpaired) electrons. The molecule has 0 aromatic carbocycles. The van der Waals surface area contributed by atoms with Crippen molar-refractivity contribution in [3.63, 3.8) is 0 Å². The lowest BCUT2D eigenvalue weighted by Crippen LogP contribution is -2.04. The van der Waals surface area contributed by atoms with Crippen LogP contribution in [0.25, 0.3) is 0 Å². The standard InChI is InChI=1S/C12H14O3/c1-9-12(7-13)10(8-15-9)4-5-11-3-2-6-14-11/h2-3,6-7,9H,4-5,8H2,1H3. The van der Waals surface area contributed by atoms with Crippen molar-refractivity contribution in [1.29, 1.82) is 0 Å². The fraction of sp³-hybridized carbons (Fsp3) is 0.417. The van der Waals surface area contributed by atoms with Crippen molar-refractivity contribution >= 4 is 6.29 Å². The lowest BCUT2D eigenvalue weighted by atomic mass is 10.0. The first-order chi connectivity index (χ1) is 7.31. The van der Waals surface area contributed by atoms with Gasteiger partial charge in [-0.25, -0.2) is 0 Å². The number of ether oxygens (including phenoxy) is 1. The van der Waals surface area contributed by atoms with E-state index in [1.165, 1.54) is 0 Å². The summed E-state index contributed by atoms with van der Waals surface area (Å²) in [5, 5.41) is 0. The van der Waals surface area contributed by atoms with Crippen LogP contribution >= 0.6 is 0 Å². The Morgan fingerprint density at radius 2 is 2.40 bits per heavy atom.